The second-order valence-corrected chi connectivity index (χ2v) is 6.31. The van der Waals surface area contributed by atoms with E-state index in [1.54, 1.807) is 6.07 Å². The van der Waals surface area contributed by atoms with E-state index in [1.165, 1.54) is 31.4 Å². The summed E-state index contributed by atoms with van der Waals surface area (Å²) in [4.78, 5) is 2.56. The monoisotopic (exact) mass is 297 g/mol. The highest BCUT2D eigenvalue weighted by atomic mass is 19.4. The first-order chi connectivity index (χ1) is 10.0. The van der Waals surface area contributed by atoms with Gasteiger partial charge in [0.25, 0.3) is 0 Å². The molecular formula is C17H22F3N. The van der Waals surface area contributed by atoms with Crippen LogP contribution in [0.5, 0.6) is 0 Å². The van der Waals surface area contributed by atoms with Crippen molar-refractivity contribution < 1.29 is 13.2 Å². The van der Waals surface area contributed by atoms with Gasteiger partial charge < -0.3 is 4.90 Å². The number of nitrogens with zero attached hydrogens (tertiary/aromatic N) is 1. The maximum Gasteiger partial charge on any atom is 0.416 e. The Labute approximate surface area is 124 Å². The number of alkyl halides is 3. The molecule has 0 spiro atoms. The first-order valence-electron chi connectivity index (χ1n) is 7.97. The summed E-state index contributed by atoms with van der Waals surface area (Å²) in [5.41, 5.74) is 1.52. The third kappa shape index (κ3) is 3.42. The van der Waals surface area contributed by atoms with Crippen molar-refractivity contribution in [2.45, 2.75) is 57.2 Å². The summed E-state index contributed by atoms with van der Waals surface area (Å²) >= 11 is 0. The van der Waals surface area contributed by atoms with Crippen LogP contribution >= 0.6 is 0 Å². The molecule has 1 saturated heterocycles. The average Bonchev–Trinajstić information content (AvgIpc) is 2.69. The number of fused-ring (bicyclic) bond motifs is 1. The molecule has 4 heteroatoms. The Morgan fingerprint density at radius 1 is 0.905 bits per heavy atom. The van der Waals surface area contributed by atoms with Gasteiger partial charge >= 0.3 is 6.18 Å². The summed E-state index contributed by atoms with van der Waals surface area (Å²) in [6, 6.07) is 4.84. The Hall–Kier alpha value is -1.03. The molecule has 1 fully saturated rings. The number of benzene rings is 1. The van der Waals surface area contributed by atoms with Gasteiger partial charge in [0, 0.05) is 6.04 Å². The van der Waals surface area contributed by atoms with Crippen LogP contribution in [0.25, 0.3) is 0 Å². The smallest absolute Gasteiger partial charge is 0.300 e. The summed E-state index contributed by atoms with van der Waals surface area (Å²) in [6.45, 7) is 2.32. The van der Waals surface area contributed by atoms with Crippen molar-refractivity contribution in [3.63, 3.8) is 0 Å². The third-order valence-electron chi connectivity index (χ3n) is 4.93. The van der Waals surface area contributed by atoms with Crippen molar-refractivity contribution in [1.29, 1.82) is 0 Å². The maximum absolute atomic E-state index is 12.8. The largest absolute Gasteiger partial charge is 0.416 e. The van der Waals surface area contributed by atoms with E-state index in [9.17, 15) is 13.2 Å². The minimum absolute atomic E-state index is 0.502. The molecule has 1 nitrogen and oxygen atoms in total. The lowest BCUT2D eigenvalue weighted by molar-refractivity contribution is -0.137. The van der Waals surface area contributed by atoms with E-state index < -0.39 is 11.7 Å². The van der Waals surface area contributed by atoms with Gasteiger partial charge in [-0.25, -0.2) is 0 Å². The molecule has 1 heterocycles. The molecule has 0 radical (unpaired) electrons. The summed E-state index contributed by atoms with van der Waals surface area (Å²) in [6.07, 6.45) is 3.39. The molecule has 1 unspecified atom stereocenters. The minimum atomic E-state index is -4.23. The highest BCUT2D eigenvalue weighted by Crippen LogP contribution is 2.33. The molecule has 0 N–H and O–H groups in total. The molecule has 0 aromatic heterocycles. The molecular weight excluding hydrogens is 275 g/mol. The molecule has 1 aromatic carbocycles. The van der Waals surface area contributed by atoms with Crippen LogP contribution in [-0.2, 0) is 19.0 Å². The molecule has 2 aliphatic rings. The zero-order chi connectivity index (χ0) is 14.9. The average molecular weight is 297 g/mol. The van der Waals surface area contributed by atoms with Gasteiger partial charge in [-0.1, -0.05) is 12.5 Å². The zero-order valence-electron chi connectivity index (χ0n) is 12.3. The van der Waals surface area contributed by atoms with E-state index in [0.29, 0.717) is 6.04 Å². The van der Waals surface area contributed by atoms with Gasteiger partial charge in [0.15, 0.2) is 0 Å². The van der Waals surface area contributed by atoms with Crippen LogP contribution in [0.15, 0.2) is 18.2 Å². The Morgan fingerprint density at radius 3 is 2.24 bits per heavy atom. The van der Waals surface area contributed by atoms with Crippen LogP contribution in [-0.4, -0.2) is 24.0 Å². The van der Waals surface area contributed by atoms with Crippen molar-refractivity contribution in [3.8, 4) is 0 Å². The van der Waals surface area contributed by atoms with Gasteiger partial charge in [-0.05, 0) is 74.9 Å². The number of aryl methyl sites for hydroxylation is 2. The zero-order valence-corrected chi connectivity index (χ0v) is 12.3. The molecule has 0 amide bonds. The van der Waals surface area contributed by atoms with Crippen LogP contribution in [0.3, 0.4) is 0 Å². The van der Waals surface area contributed by atoms with Crippen molar-refractivity contribution in [1.82, 2.24) is 4.90 Å². The van der Waals surface area contributed by atoms with E-state index in [2.05, 4.69) is 4.90 Å². The van der Waals surface area contributed by atoms with Gasteiger partial charge in [-0.2, -0.15) is 13.2 Å². The lowest BCUT2D eigenvalue weighted by atomic mass is 10.00. The number of rotatable bonds is 1. The number of piperidine rings is 1. The van der Waals surface area contributed by atoms with Gasteiger partial charge in [0.1, 0.15) is 0 Å². The summed E-state index contributed by atoms with van der Waals surface area (Å²) < 4.78 is 38.5. The Balaban J connectivity index is 1.73. The normalized spacial score (nSPS) is 24.4. The molecule has 0 saturated carbocycles. The van der Waals surface area contributed by atoms with Crippen LogP contribution in [0, 0.1) is 0 Å². The topological polar surface area (TPSA) is 3.24 Å². The fourth-order valence-corrected chi connectivity index (χ4v) is 3.72. The first-order valence-corrected chi connectivity index (χ1v) is 7.97. The molecule has 1 atom stereocenters. The molecule has 1 aromatic rings. The lowest BCUT2D eigenvalue weighted by Gasteiger charge is -2.34. The van der Waals surface area contributed by atoms with E-state index in [0.717, 1.165) is 49.9 Å². The highest BCUT2D eigenvalue weighted by Gasteiger charge is 2.31. The van der Waals surface area contributed by atoms with E-state index in [1.807, 2.05) is 0 Å². The second-order valence-electron chi connectivity index (χ2n) is 6.31. The van der Waals surface area contributed by atoms with Crippen LogP contribution < -0.4 is 0 Å². The molecule has 0 bridgehead atoms. The Bertz CT molecular complexity index is 489. The highest BCUT2D eigenvalue weighted by molar-refractivity contribution is 5.34. The van der Waals surface area contributed by atoms with Crippen LogP contribution in [0.1, 0.15) is 48.8 Å². The number of hydrogen-bond donors (Lipinski definition) is 0. The van der Waals surface area contributed by atoms with Crippen molar-refractivity contribution >= 4 is 0 Å². The maximum atomic E-state index is 12.8. The first kappa shape index (κ1) is 14.9. The van der Waals surface area contributed by atoms with Crippen LogP contribution in [0.2, 0.25) is 0 Å². The number of likely N-dealkylation sites (tertiary alicyclic amines) is 1. The summed E-state index contributed by atoms with van der Waals surface area (Å²) in [5, 5.41) is 0. The van der Waals surface area contributed by atoms with Gasteiger partial charge in [0.2, 0.25) is 0 Å². The SMILES string of the molecule is FC(F)(F)c1ccc2c(c1)CCC(N1CCCCC1)CC2. The molecule has 21 heavy (non-hydrogen) atoms. The molecule has 1 aliphatic carbocycles. The van der Waals surface area contributed by atoms with E-state index >= 15 is 0 Å². The Kier molecular flexibility index (Phi) is 4.25. The molecule has 116 valence electrons. The quantitative estimate of drug-likeness (QED) is 0.693. The standard InChI is InChI=1S/C17H22F3N/c18-17(19,20)15-7-4-13-5-8-16(9-6-14(13)12-15)21-10-2-1-3-11-21/h4,7,12,16H,1-3,5-6,8-11H2. The summed E-state index contributed by atoms with van der Waals surface area (Å²) in [5.74, 6) is 0. The third-order valence-corrected chi connectivity index (χ3v) is 4.93. The fraction of sp³-hybridized carbons (Fsp3) is 0.647. The lowest BCUT2D eigenvalue weighted by Crippen LogP contribution is -2.39. The van der Waals surface area contributed by atoms with Gasteiger partial charge in [0.05, 0.1) is 5.56 Å². The number of hydrogen-bond acceptors (Lipinski definition) is 1. The van der Waals surface area contributed by atoms with Gasteiger partial charge in [-0.3, -0.25) is 0 Å². The van der Waals surface area contributed by atoms with Gasteiger partial charge in [-0.15, -0.1) is 0 Å². The van der Waals surface area contributed by atoms with E-state index in [-0.39, 0.29) is 0 Å². The second kappa shape index (κ2) is 5.99. The fourth-order valence-electron chi connectivity index (χ4n) is 3.72. The van der Waals surface area contributed by atoms with Crippen molar-refractivity contribution in [2.24, 2.45) is 0 Å². The van der Waals surface area contributed by atoms with E-state index in [4.69, 9.17) is 0 Å². The van der Waals surface area contributed by atoms with Crippen molar-refractivity contribution in [3.05, 3.63) is 34.9 Å². The molecule has 1 aliphatic heterocycles. The Morgan fingerprint density at radius 2 is 1.57 bits per heavy atom. The predicted molar refractivity (Wildman–Crippen MR) is 77.3 cm³/mol. The van der Waals surface area contributed by atoms with Crippen molar-refractivity contribution in [2.75, 3.05) is 13.1 Å². The van der Waals surface area contributed by atoms with Crippen LogP contribution in [0.4, 0.5) is 13.2 Å². The number of halogens is 3. The minimum Gasteiger partial charge on any atom is -0.300 e. The summed E-state index contributed by atoms with van der Waals surface area (Å²) in [7, 11) is 0. The molecule has 3 rings (SSSR count). The predicted octanol–water partition coefficient (Wildman–Crippen LogP) is 4.44.